The Bertz CT molecular complexity index is 570. The van der Waals surface area contributed by atoms with Crippen LogP contribution in [-0.4, -0.2) is 33.1 Å². The molecule has 2 rings (SSSR count). The average Bonchev–Trinajstić information content (AvgIpc) is 2.53. The van der Waals surface area contributed by atoms with Crippen LogP contribution in [0.4, 0.5) is 0 Å². The highest BCUT2D eigenvalue weighted by Crippen LogP contribution is 2.27. The molecule has 0 radical (unpaired) electrons. The summed E-state index contributed by atoms with van der Waals surface area (Å²) in [6.07, 6.45) is 3.46. The summed E-state index contributed by atoms with van der Waals surface area (Å²) < 4.78 is 32.7. The molecular formula is C14H22N2O3S2. The first-order chi connectivity index (χ1) is 10.1. The van der Waals surface area contributed by atoms with Crippen LogP contribution >= 0.6 is 11.8 Å². The summed E-state index contributed by atoms with van der Waals surface area (Å²) in [6, 6.07) is 4.94. The van der Waals surface area contributed by atoms with Gasteiger partial charge in [0.25, 0.3) is 0 Å². The van der Waals surface area contributed by atoms with E-state index in [9.17, 15) is 8.42 Å². The number of benzene rings is 1. The quantitative estimate of drug-likeness (QED) is 0.830. The van der Waals surface area contributed by atoms with E-state index in [0.717, 1.165) is 17.7 Å². The van der Waals surface area contributed by atoms with Gasteiger partial charge in [-0.15, -0.1) is 0 Å². The van der Waals surface area contributed by atoms with Crippen LogP contribution in [0.3, 0.4) is 0 Å². The maximum atomic E-state index is 12.4. The molecule has 1 aliphatic rings. The van der Waals surface area contributed by atoms with Crippen LogP contribution < -0.4 is 15.2 Å². The van der Waals surface area contributed by atoms with Crippen molar-refractivity contribution in [1.29, 1.82) is 0 Å². The third kappa shape index (κ3) is 4.35. The summed E-state index contributed by atoms with van der Waals surface area (Å²) in [4.78, 5) is 0.169. The molecule has 1 heterocycles. The van der Waals surface area contributed by atoms with Gasteiger partial charge in [-0.2, -0.15) is 11.8 Å². The van der Waals surface area contributed by atoms with Gasteiger partial charge in [-0.05, 0) is 36.3 Å². The lowest BCUT2D eigenvalue weighted by Crippen LogP contribution is -2.32. The monoisotopic (exact) mass is 330 g/mol. The zero-order valence-corrected chi connectivity index (χ0v) is 13.8. The maximum Gasteiger partial charge on any atom is 0.244 e. The van der Waals surface area contributed by atoms with E-state index < -0.39 is 10.0 Å². The minimum Gasteiger partial charge on any atom is -0.495 e. The lowest BCUT2D eigenvalue weighted by molar-refractivity contribution is 0.401. The Morgan fingerprint density at radius 3 is 2.86 bits per heavy atom. The number of sulfonamides is 1. The molecule has 0 saturated carbocycles. The van der Waals surface area contributed by atoms with Gasteiger partial charge in [-0.1, -0.05) is 12.5 Å². The van der Waals surface area contributed by atoms with Gasteiger partial charge in [-0.3, -0.25) is 0 Å². The van der Waals surface area contributed by atoms with Gasteiger partial charge in [0.1, 0.15) is 10.6 Å². The molecule has 0 bridgehead atoms. The highest BCUT2D eigenvalue weighted by molar-refractivity contribution is 8.00. The number of hydrogen-bond acceptors (Lipinski definition) is 5. The van der Waals surface area contributed by atoms with Gasteiger partial charge < -0.3 is 10.5 Å². The fourth-order valence-electron chi connectivity index (χ4n) is 2.31. The van der Waals surface area contributed by atoms with E-state index in [4.69, 9.17) is 10.5 Å². The zero-order valence-electron chi connectivity index (χ0n) is 12.2. The topological polar surface area (TPSA) is 81.4 Å². The number of ether oxygens (including phenoxy) is 1. The van der Waals surface area contributed by atoms with E-state index in [1.54, 1.807) is 18.2 Å². The molecule has 1 fully saturated rings. The second kappa shape index (κ2) is 7.49. The van der Waals surface area contributed by atoms with Crippen molar-refractivity contribution in [1.82, 2.24) is 4.72 Å². The van der Waals surface area contributed by atoms with Gasteiger partial charge >= 0.3 is 0 Å². The Balaban J connectivity index is 2.11. The van der Waals surface area contributed by atoms with Crippen molar-refractivity contribution < 1.29 is 13.2 Å². The molecule has 1 aromatic carbocycles. The third-order valence-electron chi connectivity index (χ3n) is 3.53. The number of nitrogens with one attached hydrogen (secondary N) is 1. The average molecular weight is 330 g/mol. The molecule has 1 aromatic rings. The molecule has 1 aliphatic heterocycles. The largest absolute Gasteiger partial charge is 0.495 e. The van der Waals surface area contributed by atoms with Crippen molar-refractivity contribution >= 4 is 21.8 Å². The van der Waals surface area contributed by atoms with Crippen molar-refractivity contribution in [2.24, 2.45) is 5.73 Å². The molecular weight excluding hydrogens is 308 g/mol. The maximum absolute atomic E-state index is 12.4. The minimum atomic E-state index is -3.56. The third-order valence-corrected chi connectivity index (χ3v) is 6.39. The van der Waals surface area contributed by atoms with E-state index in [0.29, 0.717) is 24.1 Å². The first-order valence-electron chi connectivity index (χ1n) is 7.05. The molecule has 21 heavy (non-hydrogen) atoms. The normalized spacial score (nSPS) is 19.4. The van der Waals surface area contributed by atoms with Crippen LogP contribution in [0.1, 0.15) is 24.8 Å². The standard InChI is InChI=1S/C14H22N2O3S2/c1-19-13-8-11(9-15)5-6-14(13)21(17,18)16-10-12-4-2-3-7-20-12/h5-6,8,12,16H,2-4,7,9-10,15H2,1H3. The van der Waals surface area contributed by atoms with Crippen LogP contribution in [0.15, 0.2) is 23.1 Å². The first-order valence-corrected chi connectivity index (χ1v) is 9.58. The van der Waals surface area contributed by atoms with Crippen LogP contribution in [-0.2, 0) is 16.6 Å². The molecule has 0 amide bonds. The zero-order chi connectivity index (χ0) is 15.3. The number of methoxy groups -OCH3 is 1. The second-order valence-corrected chi connectivity index (χ2v) is 8.17. The number of nitrogens with two attached hydrogens (primary N) is 1. The van der Waals surface area contributed by atoms with Gasteiger partial charge in [-0.25, -0.2) is 13.1 Å². The van der Waals surface area contributed by atoms with Gasteiger partial charge in [0, 0.05) is 18.3 Å². The Kier molecular flexibility index (Phi) is 5.92. The van der Waals surface area contributed by atoms with E-state index in [1.165, 1.54) is 20.0 Å². The molecule has 1 atom stereocenters. The molecule has 5 nitrogen and oxygen atoms in total. The highest BCUT2D eigenvalue weighted by atomic mass is 32.2. The first kappa shape index (κ1) is 16.6. The smallest absolute Gasteiger partial charge is 0.244 e. The van der Waals surface area contributed by atoms with Gasteiger partial charge in [0.05, 0.1) is 7.11 Å². The van der Waals surface area contributed by atoms with Crippen LogP contribution in [0, 0.1) is 0 Å². The van der Waals surface area contributed by atoms with Crippen molar-refractivity contribution in [3.05, 3.63) is 23.8 Å². The summed E-state index contributed by atoms with van der Waals surface area (Å²) in [6.45, 7) is 0.817. The minimum absolute atomic E-state index is 0.169. The highest BCUT2D eigenvalue weighted by Gasteiger charge is 2.22. The lowest BCUT2D eigenvalue weighted by Gasteiger charge is -2.21. The molecule has 7 heteroatoms. The summed E-state index contributed by atoms with van der Waals surface area (Å²) in [5, 5.41) is 0.364. The number of hydrogen-bond donors (Lipinski definition) is 2. The van der Waals surface area contributed by atoms with Crippen molar-refractivity contribution in [2.45, 2.75) is 36.0 Å². The van der Waals surface area contributed by atoms with E-state index in [2.05, 4.69) is 4.72 Å². The van der Waals surface area contributed by atoms with Gasteiger partial charge in [0.2, 0.25) is 10.0 Å². The van der Waals surface area contributed by atoms with E-state index >= 15 is 0 Å². The van der Waals surface area contributed by atoms with Crippen LogP contribution in [0.25, 0.3) is 0 Å². The molecule has 0 spiro atoms. The van der Waals surface area contributed by atoms with Crippen molar-refractivity contribution in [3.63, 3.8) is 0 Å². The molecule has 3 N–H and O–H groups in total. The Labute approximate surface area is 130 Å². The molecule has 0 aromatic heterocycles. The van der Waals surface area contributed by atoms with Crippen molar-refractivity contribution in [2.75, 3.05) is 19.4 Å². The Morgan fingerprint density at radius 1 is 1.43 bits per heavy atom. The summed E-state index contributed by atoms with van der Waals surface area (Å²) >= 11 is 1.84. The van der Waals surface area contributed by atoms with E-state index in [-0.39, 0.29) is 4.90 Å². The van der Waals surface area contributed by atoms with Crippen molar-refractivity contribution in [3.8, 4) is 5.75 Å². The lowest BCUT2D eigenvalue weighted by atomic mass is 10.2. The molecule has 118 valence electrons. The predicted molar refractivity (Wildman–Crippen MR) is 86.2 cm³/mol. The summed E-state index contributed by atoms with van der Waals surface area (Å²) in [7, 11) is -2.09. The SMILES string of the molecule is COc1cc(CN)ccc1S(=O)(=O)NCC1CCCCS1. The predicted octanol–water partition coefficient (Wildman–Crippen LogP) is 1.72. The second-order valence-electron chi connectivity index (χ2n) is 5.03. The number of thioether (sulfide) groups is 1. The van der Waals surface area contributed by atoms with Crippen LogP contribution in [0.5, 0.6) is 5.75 Å². The summed E-state index contributed by atoms with van der Waals surface area (Å²) in [5.41, 5.74) is 6.41. The fourth-order valence-corrected chi connectivity index (χ4v) is 4.88. The fraction of sp³-hybridized carbons (Fsp3) is 0.571. The van der Waals surface area contributed by atoms with Crippen LogP contribution in [0.2, 0.25) is 0 Å². The van der Waals surface area contributed by atoms with E-state index in [1.807, 2.05) is 11.8 Å². The van der Waals surface area contributed by atoms with Gasteiger partial charge in [0.15, 0.2) is 0 Å². The number of rotatable bonds is 6. The molecule has 0 aliphatic carbocycles. The summed E-state index contributed by atoms with van der Waals surface area (Å²) in [5.74, 6) is 1.45. The Hall–Kier alpha value is -0.760. The molecule has 1 unspecified atom stereocenters. The molecule has 1 saturated heterocycles. The Morgan fingerprint density at radius 2 is 2.24 bits per heavy atom.